The van der Waals surface area contributed by atoms with Gasteiger partial charge in [0, 0.05) is 13.6 Å². The fourth-order valence-corrected chi connectivity index (χ4v) is 3.44. The molecule has 2 rings (SSSR count). The number of carbonyl (C=O) groups excluding carboxylic acids is 1. The molecule has 0 saturated heterocycles. The van der Waals surface area contributed by atoms with Gasteiger partial charge in [-0.2, -0.15) is 5.10 Å². The van der Waals surface area contributed by atoms with E-state index in [0.29, 0.717) is 34.2 Å². The number of nitrogens with one attached hydrogen (secondary N) is 1. The Morgan fingerprint density at radius 1 is 1.19 bits per heavy atom. The Labute approximate surface area is 169 Å². The number of hydrogen-bond donors (Lipinski definition) is 2. The van der Waals surface area contributed by atoms with Gasteiger partial charge in [0.15, 0.2) is 0 Å². The van der Waals surface area contributed by atoms with Crippen molar-refractivity contribution in [1.29, 1.82) is 0 Å². The summed E-state index contributed by atoms with van der Waals surface area (Å²) < 4.78 is 1.31. The average molecular weight is 422 g/mol. The highest BCUT2D eigenvalue weighted by molar-refractivity contribution is 7.17. The maximum absolute atomic E-state index is 12.4. The van der Waals surface area contributed by atoms with Crippen LogP contribution in [0.4, 0.5) is 0 Å². The molecule has 1 amide bonds. The quantitative estimate of drug-likeness (QED) is 0.695. The third-order valence-corrected chi connectivity index (χ3v) is 5.03. The number of nitrogens with zero attached hydrogens (tertiary/aromatic N) is 3. The molecule has 0 bridgehead atoms. The zero-order chi connectivity index (χ0) is 17.9. The molecular weight excluding hydrogens is 397 g/mol. The highest BCUT2D eigenvalue weighted by Crippen LogP contribution is 2.28. The molecule has 0 aliphatic rings. The molecule has 0 fully saturated rings. The van der Waals surface area contributed by atoms with Crippen LogP contribution in [0, 0.1) is 20.8 Å². The minimum Gasteiger partial charge on any atom is -0.351 e. The Hall–Kier alpha value is -1.48. The summed E-state index contributed by atoms with van der Waals surface area (Å²) in [5.74, 6) is -0.159. The second-order valence-electron chi connectivity index (χ2n) is 5.70. The van der Waals surface area contributed by atoms with Crippen molar-refractivity contribution in [2.24, 2.45) is 12.8 Å². The van der Waals surface area contributed by atoms with Crippen molar-refractivity contribution in [3.63, 3.8) is 0 Å². The van der Waals surface area contributed by atoms with E-state index in [1.807, 2.05) is 13.8 Å². The van der Waals surface area contributed by atoms with E-state index in [0.717, 1.165) is 24.1 Å². The number of aryl methyl sites for hydroxylation is 3. The van der Waals surface area contributed by atoms with Gasteiger partial charge in [0.2, 0.25) is 0 Å². The van der Waals surface area contributed by atoms with Crippen molar-refractivity contribution in [3.8, 4) is 10.6 Å². The second-order valence-corrected chi connectivity index (χ2v) is 6.70. The van der Waals surface area contributed by atoms with Gasteiger partial charge in [-0.05, 0) is 45.7 Å². The highest BCUT2D eigenvalue weighted by Gasteiger charge is 2.20. The number of unbranched alkanes of at least 4 members (excludes halogenated alkanes) is 1. The standard InChI is InChI=1S/C16H23N5O2S.2ClH/c1-9-10(2)20-21(4)16(23)12(9)15-19-11(3)13(24-15)14(22)18-8-6-5-7-17;;/h5-8,17H2,1-4H3,(H,18,22);2*1H. The molecule has 146 valence electrons. The zero-order valence-corrected chi connectivity index (χ0v) is 17.7. The van der Waals surface area contributed by atoms with Gasteiger partial charge < -0.3 is 11.1 Å². The largest absolute Gasteiger partial charge is 0.351 e. The number of aromatic nitrogens is 3. The zero-order valence-electron chi connectivity index (χ0n) is 15.3. The van der Waals surface area contributed by atoms with E-state index in [1.165, 1.54) is 16.0 Å². The summed E-state index contributed by atoms with van der Waals surface area (Å²) >= 11 is 1.24. The first-order valence-electron chi connectivity index (χ1n) is 7.87. The van der Waals surface area contributed by atoms with E-state index in [-0.39, 0.29) is 36.3 Å². The summed E-state index contributed by atoms with van der Waals surface area (Å²) in [5.41, 5.74) is 7.94. The van der Waals surface area contributed by atoms with Crippen LogP contribution in [0.1, 0.15) is 39.5 Å². The Kier molecular flexibility index (Phi) is 10.0. The molecule has 0 atom stereocenters. The highest BCUT2D eigenvalue weighted by atomic mass is 35.5. The molecule has 10 heteroatoms. The third kappa shape index (κ3) is 5.26. The molecule has 26 heavy (non-hydrogen) atoms. The Bertz CT molecular complexity index is 820. The van der Waals surface area contributed by atoms with Crippen LogP contribution in [-0.2, 0) is 7.05 Å². The predicted molar refractivity (Wildman–Crippen MR) is 110 cm³/mol. The molecule has 0 spiro atoms. The average Bonchev–Trinajstić information content (AvgIpc) is 2.91. The van der Waals surface area contributed by atoms with Crippen molar-refractivity contribution < 1.29 is 4.79 Å². The lowest BCUT2D eigenvalue weighted by Gasteiger charge is -2.07. The van der Waals surface area contributed by atoms with Crippen molar-refractivity contribution in [2.75, 3.05) is 13.1 Å². The lowest BCUT2D eigenvalue weighted by Crippen LogP contribution is -2.24. The number of amides is 1. The monoisotopic (exact) mass is 421 g/mol. The van der Waals surface area contributed by atoms with Gasteiger partial charge in [0.25, 0.3) is 11.5 Å². The topological polar surface area (TPSA) is 103 Å². The lowest BCUT2D eigenvalue weighted by atomic mass is 10.1. The molecule has 0 saturated carbocycles. The van der Waals surface area contributed by atoms with Crippen molar-refractivity contribution in [2.45, 2.75) is 33.6 Å². The molecule has 2 aromatic heterocycles. The number of halogens is 2. The van der Waals surface area contributed by atoms with Crippen LogP contribution in [0.5, 0.6) is 0 Å². The van der Waals surface area contributed by atoms with Gasteiger partial charge in [0.05, 0.1) is 17.0 Å². The van der Waals surface area contributed by atoms with E-state index in [1.54, 1.807) is 14.0 Å². The summed E-state index contributed by atoms with van der Waals surface area (Å²) in [6.45, 7) is 6.68. The van der Waals surface area contributed by atoms with Crippen LogP contribution < -0.4 is 16.6 Å². The number of carbonyl (C=O) groups is 1. The Morgan fingerprint density at radius 3 is 2.46 bits per heavy atom. The molecule has 7 nitrogen and oxygen atoms in total. The van der Waals surface area contributed by atoms with Crippen LogP contribution >= 0.6 is 36.2 Å². The summed E-state index contributed by atoms with van der Waals surface area (Å²) in [5, 5.41) is 7.60. The number of thiazole rings is 1. The van der Waals surface area contributed by atoms with Crippen LogP contribution in [-0.4, -0.2) is 33.8 Å². The van der Waals surface area contributed by atoms with E-state index < -0.39 is 0 Å². The smallest absolute Gasteiger partial charge is 0.277 e. The first kappa shape index (κ1) is 24.5. The number of hydrogen-bond acceptors (Lipinski definition) is 6. The fraction of sp³-hybridized carbons (Fsp3) is 0.500. The summed E-state index contributed by atoms with van der Waals surface area (Å²) in [7, 11) is 1.61. The van der Waals surface area contributed by atoms with Crippen LogP contribution in [0.25, 0.3) is 10.6 Å². The van der Waals surface area contributed by atoms with E-state index >= 15 is 0 Å². The molecule has 3 N–H and O–H groups in total. The van der Waals surface area contributed by atoms with Crippen molar-refractivity contribution >= 4 is 42.1 Å². The van der Waals surface area contributed by atoms with Gasteiger partial charge in [-0.15, -0.1) is 36.2 Å². The SMILES string of the molecule is Cc1nc(-c2c(C)c(C)nn(C)c2=O)sc1C(=O)NCCCCN.Cl.Cl. The first-order chi connectivity index (χ1) is 11.4. The molecule has 0 aromatic carbocycles. The normalized spacial score (nSPS) is 10.0. The van der Waals surface area contributed by atoms with Crippen molar-refractivity contribution in [1.82, 2.24) is 20.1 Å². The van der Waals surface area contributed by atoms with Crippen LogP contribution in [0.2, 0.25) is 0 Å². The number of nitrogens with two attached hydrogens (primary N) is 1. The summed E-state index contributed by atoms with van der Waals surface area (Å²) in [4.78, 5) is 29.7. The van der Waals surface area contributed by atoms with Gasteiger partial charge in [-0.1, -0.05) is 0 Å². The first-order valence-corrected chi connectivity index (χ1v) is 8.69. The maximum Gasteiger partial charge on any atom is 0.277 e. The van der Waals surface area contributed by atoms with E-state index in [4.69, 9.17) is 5.73 Å². The van der Waals surface area contributed by atoms with Crippen molar-refractivity contribution in [3.05, 3.63) is 32.2 Å². The fourth-order valence-electron chi connectivity index (χ4n) is 2.37. The molecule has 0 radical (unpaired) electrons. The summed E-state index contributed by atoms with van der Waals surface area (Å²) in [6.07, 6.45) is 1.72. The lowest BCUT2D eigenvalue weighted by molar-refractivity contribution is 0.0956. The minimum absolute atomic E-state index is 0. The van der Waals surface area contributed by atoms with Crippen LogP contribution in [0.15, 0.2) is 4.79 Å². The van der Waals surface area contributed by atoms with E-state index in [9.17, 15) is 9.59 Å². The predicted octanol–water partition coefficient (Wildman–Crippen LogP) is 2.14. The van der Waals surface area contributed by atoms with Gasteiger partial charge >= 0.3 is 0 Å². The molecule has 2 aromatic rings. The molecule has 0 unspecified atom stereocenters. The van der Waals surface area contributed by atoms with Crippen LogP contribution in [0.3, 0.4) is 0 Å². The molecule has 0 aliphatic heterocycles. The molecule has 2 heterocycles. The maximum atomic E-state index is 12.4. The Morgan fingerprint density at radius 2 is 1.85 bits per heavy atom. The Balaban J connectivity index is 0.00000312. The number of rotatable bonds is 6. The third-order valence-electron chi connectivity index (χ3n) is 3.86. The minimum atomic E-state index is -0.207. The molecular formula is C16H25Cl2N5O2S. The van der Waals surface area contributed by atoms with E-state index in [2.05, 4.69) is 15.4 Å². The summed E-state index contributed by atoms with van der Waals surface area (Å²) in [6, 6.07) is 0. The van der Waals surface area contributed by atoms with Gasteiger partial charge in [-0.3, -0.25) is 9.59 Å². The second kappa shape index (κ2) is 10.6. The van der Waals surface area contributed by atoms with Gasteiger partial charge in [0.1, 0.15) is 9.88 Å². The van der Waals surface area contributed by atoms with Gasteiger partial charge in [-0.25, -0.2) is 9.67 Å². The molecule has 0 aliphatic carbocycles.